The van der Waals surface area contributed by atoms with E-state index >= 15 is 0 Å². The summed E-state index contributed by atoms with van der Waals surface area (Å²) in [6, 6.07) is 13.8. The van der Waals surface area contributed by atoms with Gasteiger partial charge in [0.05, 0.1) is 11.3 Å². The number of thioether (sulfide) groups is 1. The Balaban J connectivity index is 1.46. The molecule has 4 nitrogen and oxygen atoms in total. The number of carbonyl (C=O) groups is 2. The third kappa shape index (κ3) is 6.87. The van der Waals surface area contributed by atoms with Crippen molar-refractivity contribution in [3.63, 3.8) is 0 Å². The van der Waals surface area contributed by atoms with E-state index in [4.69, 9.17) is 0 Å². The zero-order chi connectivity index (χ0) is 21.2. The summed E-state index contributed by atoms with van der Waals surface area (Å²) in [7, 11) is 0. The molecule has 1 saturated carbocycles. The second-order valence-electron chi connectivity index (χ2n) is 7.69. The number of hydrogen-bond acceptors (Lipinski definition) is 3. The Morgan fingerprint density at radius 2 is 1.70 bits per heavy atom. The first-order valence-electron chi connectivity index (χ1n) is 10.6. The molecule has 1 aliphatic rings. The van der Waals surface area contributed by atoms with Crippen LogP contribution in [-0.4, -0.2) is 30.7 Å². The summed E-state index contributed by atoms with van der Waals surface area (Å²) < 4.78 is 13.7. The Morgan fingerprint density at radius 3 is 2.50 bits per heavy atom. The highest BCUT2D eigenvalue weighted by Gasteiger charge is 2.16. The van der Waals surface area contributed by atoms with Gasteiger partial charge in [0.15, 0.2) is 0 Å². The van der Waals surface area contributed by atoms with Crippen molar-refractivity contribution in [2.45, 2.75) is 43.4 Å². The Morgan fingerprint density at radius 1 is 0.967 bits per heavy atom. The predicted octanol–water partition coefficient (Wildman–Crippen LogP) is 4.59. The minimum absolute atomic E-state index is 0.000313. The number of amides is 2. The van der Waals surface area contributed by atoms with Crippen LogP contribution in [0.2, 0.25) is 0 Å². The zero-order valence-electron chi connectivity index (χ0n) is 17.2. The van der Waals surface area contributed by atoms with E-state index in [1.165, 1.54) is 49.9 Å². The molecule has 0 radical (unpaired) electrons. The summed E-state index contributed by atoms with van der Waals surface area (Å²) in [5, 5.41) is 5.88. The topological polar surface area (TPSA) is 58.2 Å². The summed E-state index contributed by atoms with van der Waals surface area (Å²) in [5.74, 6) is 0.409. The number of nitrogens with one attached hydrogen (secondary N) is 2. The van der Waals surface area contributed by atoms with Crippen LogP contribution >= 0.6 is 11.8 Å². The molecule has 0 spiro atoms. The zero-order valence-corrected chi connectivity index (χ0v) is 18.0. The van der Waals surface area contributed by atoms with Gasteiger partial charge in [-0.05, 0) is 48.9 Å². The molecular formula is C24H29FN2O2S. The van der Waals surface area contributed by atoms with Crippen LogP contribution in [0.4, 0.5) is 4.39 Å². The average molecular weight is 429 g/mol. The molecule has 2 aromatic rings. The minimum atomic E-state index is -0.262. The lowest BCUT2D eigenvalue weighted by Crippen LogP contribution is -2.31. The molecule has 2 amide bonds. The van der Waals surface area contributed by atoms with Gasteiger partial charge in [-0.2, -0.15) is 0 Å². The third-order valence-corrected chi connectivity index (χ3v) is 6.51. The monoisotopic (exact) mass is 428 g/mol. The van der Waals surface area contributed by atoms with Crippen molar-refractivity contribution in [1.29, 1.82) is 0 Å². The first kappa shape index (κ1) is 22.3. The summed E-state index contributed by atoms with van der Waals surface area (Å²) in [4.78, 5) is 25.6. The van der Waals surface area contributed by atoms with Crippen molar-refractivity contribution >= 4 is 23.6 Å². The Bertz CT molecular complexity index is 853. The van der Waals surface area contributed by atoms with Crippen LogP contribution in [-0.2, 0) is 11.2 Å². The highest BCUT2D eigenvalue weighted by molar-refractivity contribution is 8.00. The van der Waals surface area contributed by atoms with Crippen molar-refractivity contribution < 1.29 is 14.0 Å². The second-order valence-corrected chi connectivity index (χ2v) is 8.71. The fraction of sp³-hybridized carbons (Fsp3) is 0.417. The van der Waals surface area contributed by atoms with Crippen molar-refractivity contribution in [1.82, 2.24) is 10.6 Å². The molecule has 0 atom stereocenters. The van der Waals surface area contributed by atoms with E-state index in [-0.39, 0.29) is 23.4 Å². The van der Waals surface area contributed by atoms with Gasteiger partial charge in [-0.25, -0.2) is 4.39 Å². The van der Waals surface area contributed by atoms with Gasteiger partial charge in [-0.3, -0.25) is 9.59 Å². The van der Waals surface area contributed by atoms with Crippen LogP contribution in [0.5, 0.6) is 0 Å². The van der Waals surface area contributed by atoms with Crippen LogP contribution in [0.15, 0.2) is 53.4 Å². The van der Waals surface area contributed by atoms with Crippen molar-refractivity contribution in [2.75, 3.05) is 18.8 Å². The maximum atomic E-state index is 13.7. The molecule has 0 saturated heterocycles. The molecule has 0 heterocycles. The number of halogens is 1. The van der Waals surface area contributed by atoms with Gasteiger partial charge >= 0.3 is 0 Å². The third-order valence-electron chi connectivity index (χ3n) is 5.44. The van der Waals surface area contributed by atoms with Crippen LogP contribution in [0.1, 0.15) is 48.0 Å². The number of hydrogen-bond donors (Lipinski definition) is 2. The molecule has 0 aromatic heterocycles. The van der Waals surface area contributed by atoms with E-state index in [2.05, 4.69) is 10.6 Å². The van der Waals surface area contributed by atoms with E-state index < -0.39 is 0 Å². The molecule has 0 unspecified atom stereocenters. The maximum Gasteiger partial charge on any atom is 0.252 e. The molecular weight excluding hydrogens is 399 g/mol. The summed E-state index contributed by atoms with van der Waals surface area (Å²) >= 11 is 1.37. The summed E-state index contributed by atoms with van der Waals surface area (Å²) in [5.41, 5.74) is 1.12. The predicted molar refractivity (Wildman–Crippen MR) is 119 cm³/mol. The van der Waals surface area contributed by atoms with Crippen LogP contribution < -0.4 is 10.6 Å². The van der Waals surface area contributed by atoms with Gasteiger partial charge in [0.2, 0.25) is 5.91 Å². The van der Waals surface area contributed by atoms with E-state index in [0.29, 0.717) is 30.0 Å². The normalized spacial score (nSPS) is 14.3. The number of benzene rings is 2. The Hall–Kier alpha value is -2.34. The van der Waals surface area contributed by atoms with Crippen molar-refractivity contribution in [3.8, 4) is 0 Å². The summed E-state index contributed by atoms with van der Waals surface area (Å²) in [6.45, 7) is 1.10. The minimum Gasteiger partial charge on any atom is -0.355 e. The molecule has 1 aliphatic carbocycles. The highest BCUT2D eigenvalue weighted by atomic mass is 32.2. The number of rotatable bonds is 9. The molecule has 0 aliphatic heterocycles. The SMILES string of the molecule is O=C(CSc1ccccc1C(=O)NCCc1ccccc1F)NCC1CCCCC1. The van der Waals surface area contributed by atoms with Gasteiger partial charge < -0.3 is 10.6 Å². The molecule has 1 fully saturated rings. The van der Waals surface area contributed by atoms with Gasteiger partial charge in [0.1, 0.15) is 5.82 Å². The van der Waals surface area contributed by atoms with Gasteiger partial charge in [-0.1, -0.05) is 49.6 Å². The van der Waals surface area contributed by atoms with E-state index in [9.17, 15) is 14.0 Å². The maximum absolute atomic E-state index is 13.7. The molecule has 2 N–H and O–H groups in total. The fourth-order valence-corrected chi connectivity index (χ4v) is 4.61. The van der Waals surface area contributed by atoms with Gasteiger partial charge in [0.25, 0.3) is 5.91 Å². The second kappa shape index (κ2) is 11.7. The largest absolute Gasteiger partial charge is 0.355 e. The van der Waals surface area contributed by atoms with Crippen LogP contribution in [0.25, 0.3) is 0 Å². The molecule has 2 aromatic carbocycles. The highest BCUT2D eigenvalue weighted by Crippen LogP contribution is 2.24. The summed E-state index contributed by atoms with van der Waals surface area (Å²) in [6.07, 6.45) is 6.65. The Kier molecular flexibility index (Phi) is 8.75. The van der Waals surface area contributed by atoms with E-state index in [0.717, 1.165) is 11.4 Å². The van der Waals surface area contributed by atoms with Gasteiger partial charge in [-0.15, -0.1) is 11.8 Å². The Labute approximate surface area is 182 Å². The lowest BCUT2D eigenvalue weighted by molar-refractivity contribution is -0.118. The molecule has 30 heavy (non-hydrogen) atoms. The average Bonchev–Trinajstić information content (AvgIpc) is 2.78. The standard InChI is InChI=1S/C24H29FN2O2S/c25-21-12-6-4-10-19(21)14-15-26-24(29)20-11-5-7-13-22(20)30-17-23(28)27-16-18-8-2-1-3-9-18/h4-7,10-13,18H,1-3,8-9,14-17H2,(H,26,29)(H,27,28). The first-order chi connectivity index (χ1) is 14.6. The van der Waals surface area contributed by atoms with Crippen molar-refractivity contribution in [3.05, 3.63) is 65.5 Å². The molecule has 0 bridgehead atoms. The van der Waals surface area contributed by atoms with Crippen LogP contribution in [0.3, 0.4) is 0 Å². The van der Waals surface area contributed by atoms with E-state index in [1.54, 1.807) is 30.3 Å². The number of carbonyl (C=O) groups excluding carboxylic acids is 2. The lowest BCUT2D eigenvalue weighted by Gasteiger charge is -2.21. The first-order valence-corrected chi connectivity index (χ1v) is 11.6. The quantitative estimate of drug-likeness (QED) is 0.575. The fourth-order valence-electron chi connectivity index (χ4n) is 3.73. The van der Waals surface area contributed by atoms with E-state index in [1.807, 2.05) is 12.1 Å². The smallest absolute Gasteiger partial charge is 0.252 e. The van der Waals surface area contributed by atoms with Gasteiger partial charge in [0, 0.05) is 18.0 Å². The molecule has 160 valence electrons. The lowest BCUT2D eigenvalue weighted by atomic mass is 9.89. The molecule has 6 heteroatoms. The van der Waals surface area contributed by atoms with Crippen LogP contribution in [0, 0.1) is 11.7 Å². The van der Waals surface area contributed by atoms with Crippen molar-refractivity contribution in [2.24, 2.45) is 5.92 Å². The molecule has 3 rings (SSSR count).